The maximum Gasteiger partial charge on any atom is 0.254 e. The number of amides is 2. The van der Waals surface area contributed by atoms with Gasteiger partial charge in [0.25, 0.3) is 11.8 Å². The highest BCUT2D eigenvalue weighted by molar-refractivity contribution is 6.03. The Labute approximate surface area is 180 Å². The number of nitrogen functional groups attached to an aromatic ring is 1. The number of aryl methyl sites for hydroxylation is 1. The number of rotatable bonds is 6. The highest BCUT2D eigenvalue weighted by Gasteiger charge is 2.27. The summed E-state index contributed by atoms with van der Waals surface area (Å²) in [4.78, 5) is 24.5. The van der Waals surface area contributed by atoms with E-state index in [1.54, 1.807) is 10.7 Å². The summed E-state index contributed by atoms with van der Waals surface area (Å²) in [5, 5.41) is 7.51. The molecule has 0 saturated carbocycles. The predicted molar refractivity (Wildman–Crippen MR) is 117 cm³/mol. The van der Waals surface area contributed by atoms with Gasteiger partial charge in [-0.1, -0.05) is 42.5 Å². The smallest absolute Gasteiger partial charge is 0.254 e. The minimum atomic E-state index is -0.618. The summed E-state index contributed by atoms with van der Waals surface area (Å²) in [5.41, 5.74) is 15.7. The Morgan fingerprint density at radius 3 is 2.58 bits per heavy atom. The molecule has 2 aromatic carbocycles. The minimum absolute atomic E-state index is 0.0113. The third-order valence-electron chi connectivity index (χ3n) is 5.52. The van der Waals surface area contributed by atoms with Gasteiger partial charge in [0, 0.05) is 24.3 Å². The van der Waals surface area contributed by atoms with Crippen molar-refractivity contribution in [3.05, 3.63) is 70.8 Å². The van der Waals surface area contributed by atoms with Gasteiger partial charge in [0.05, 0.1) is 12.6 Å². The van der Waals surface area contributed by atoms with E-state index in [2.05, 4.69) is 10.4 Å². The van der Waals surface area contributed by atoms with E-state index in [1.807, 2.05) is 49.4 Å². The van der Waals surface area contributed by atoms with Crippen molar-refractivity contribution in [2.45, 2.75) is 25.9 Å². The van der Waals surface area contributed by atoms with Crippen molar-refractivity contribution in [2.24, 2.45) is 5.73 Å². The molecule has 0 spiro atoms. The number of primary amides is 1. The van der Waals surface area contributed by atoms with Crippen LogP contribution < -0.4 is 16.8 Å². The Kier molecular flexibility index (Phi) is 5.73. The van der Waals surface area contributed by atoms with Gasteiger partial charge in [0.1, 0.15) is 17.1 Å². The first-order chi connectivity index (χ1) is 15.0. The Bertz CT molecular complexity index is 1110. The second kappa shape index (κ2) is 8.61. The normalized spacial score (nSPS) is 15.7. The molecule has 2 heterocycles. The lowest BCUT2D eigenvalue weighted by Crippen LogP contribution is -2.23. The lowest BCUT2D eigenvalue weighted by molar-refractivity contribution is 0.0949. The number of nitrogens with zero attached hydrogens (tertiary/aromatic N) is 2. The van der Waals surface area contributed by atoms with E-state index < -0.39 is 5.91 Å². The van der Waals surface area contributed by atoms with Crippen LogP contribution >= 0.6 is 0 Å². The summed E-state index contributed by atoms with van der Waals surface area (Å²) in [6.45, 7) is 3.42. The monoisotopic (exact) mass is 419 g/mol. The zero-order valence-electron chi connectivity index (χ0n) is 17.3. The van der Waals surface area contributed by atoms with Gasteiger partial charge >= 0.3 is 0 Å². The Hall–Kier alpha value is -3.65. The molecule has 0 aliphatic carbocycles. The molecule has 31 heavy (non-hydrogen) atoms. The summed E-state index contributed by atoms with van der Waals surface area (Å²) >= 11 is 0. The van der Waals surface area contributed by atoms with Crippen LogP contribution in [0.2, 0.25) is 0 Å². The average molecular weight is 419 g/mol. The lowest BCUT2D eigenvalue weighted by atomic mass is 10.0. The zero-order chi connectivity index (χ0) is 22.0. The van der Waals surface area contributed by atoms with Crippen LogP contribution in [0.4, 0.5) is 5.82 Å². The van der Waals surface area contributed by atoms with Crippen LogP contribution in [0.5, 0.6) is 0 Å². The Balaban J connectivity index is 1.53. The summed E-state index contributed by atoms with van der Waals surface area (Å²) in [5.74, 6) is -0.483. The molecule has 1 aromatic heterocycles. The molecule has 0 unspecified atom stereocenters. The molecule has 2 amide bonds. The standard InChI is InChI=1S/C23H25N5O3/c1-14-4-2-3-5-18(14)23(30)26-12-15-6-8-16(9-7-15)20-19(22(25)29)21(24)28(27-20)17-10-11-31-13-17/h2-9,17H,10-13,24H2,1H3,(H2,25,29)(H,26,30)/t17-/m0/s1. The van der Waals surface area contributed by atoms with E-state index in [0.29, 0.717) is 31.0 Å². The number of hydrogen-bond donors (Lipinski definition) is 3. The molecule has 4 rings (SSSR count). The van der Waals surface area contributed by atoms with Gasteiger partial charge in [-0.15, -0.1) is 0 Å². The molecule has 0 bridgehead atoms. The van der Waals surface area contributed by atoms with Crippen LogP contribution in [0.25, 0.3) is 11.3 Å². The summed E-state index contributed by atoms with van der Waals surface area (Å²) < 4.78 is 7.05. The molecule has 3 aromatic rings. The minimum Gasteiger partial charge on any atom is -0.383 e. The number of anilines is 1. The molecule has 1 aliphatic rings. The average Bonchev–Trinajstić information content (AvgIpc) is 3.40. The molecule has 1 aliphatic heterocycles. The second-order valence-corrected chi connectivity index (χ2v) is 7.63. The number of aromatic nitrogens is 2. The molecule has 0 radical (unpaired) electrons. The van der Waals surface area contributed by atoms with E-state index in [-0.39, 0.29) is 23.3 Å². The molecule has 1 saturated heterocycles. The van der Waals surface area contributed by atoms with Gasteiger partial charge in [-0.05, 0) is 30.5 Å². The second-order valence-electron chi connectivity index (χ2n) is 7.63. The van der Waals surface area contributed by atoms with Crippen LogP contribution in [0.3, 0.4) is 0 Å². The molecule has 5 N–H and O–H groups in total. The molecule has 1 atom stereocenters. The van der Waals surface area contributed by atoms with E-state index in [1.165, 1.54) is 0 Å². The van der Waals surface area contributed by atoms with Crippen LogP contribution in [0.15, 0.2) is 48.5 Å². The Morgan fingerprint density at radius 2 is 1.94 bits per heavy atom. The SMILES string of the molecule is Cc1ccccc1C(=O)NCc1ccc(-c2nn([C@H]3CCOC3)c(N)c2C(N)=O)cc1. The van der Waals surface area contributed by atoms with Crippen molar-refractivity contribution in [2.75, 3.05) is 18.9 Å². The van der Waals surface area contributed by atoms with E-state index in [0.717, 1.165) is 23.1 Å². The molecule has 160 valence electrons. The van der Waals surface area contributed by atoms with Crippen molar-refractivity contribution in [3.63, 3.8) is 0 Å². The van der Waals surface area contributed by atoms with Crippen molar-refractivity contribution in [1.29, 1.82) is 0 Å². The third kappa shape index (κ3) is 4.15. The van der Waals surface area contributed by atoms with Crippen molar-refractivity contribution < 1.29 is 14.3 Å². The molecular formula is C23H25N5O3. The Morgan fingerprint density at radius 1 is 1.19 bits per heavy atom. The van der Waals surface area contributed by atoms with Crippen molar-refractivity contribution in [3.8, 4) is 11.3 Å². The van der Waals surface area contributed by atoms with Crippen LogP contribution in [-0.2, 0) is 11.3 Å². The number of carbonyl (C=O) groups is 2. The number of ether oxygens (including phenoxy) is 1. The highest BCUT2D eigenvalue weighted by atomic mass is 16.5. The maximum atomic E-state index is 12.4. The first-order valence-electron chi connectivity index (χ1n) is 10.1. The fourth-order valence-corrected chi connectivity index (χ4v) is 3.77. The first kappa shape index (κ1) is 20.6. The largest absolute Gasteiger partial charge is 0.383 e. The topological polar surface area (TPSA) is 125 Å². The van der Waals surface area contributed by atoms with Crippen LogP contribution in [-0.4, -0.2) is 34.8 Å². The van der Waals surface area contributed by atoms with Gasteiger partial charge < -0.3 is 21.5 Å². The summed E-state index contributed by atoms with van der Waals surface area (Å²) in [7, 11) is 0. The summed E-state index contributed by atoms with van der Waals surface area (Å²) in [6, 6.07) is 14.9. The first-order valence-corrected chi connectivity index (χ1v) is 10.1. The third-order valence-corrected chi connectivity index (χ3v) is 5.52. The number of nitrogens with two attached hydrogens (primary N) is 2. The van der Waals surface area contributed by atoms with Gasteiger partial charge in [-0.2, -0.15) is 5.10 Å². The molecule has 1 fully saturated rings. The van der Waals surface area contributed by atoms with Gasteiger partial charge in [-0.3, -0.25) is 9.59 Å². The number of nitrogens with one attached hydrogen (secondary N) is 1. The lowest BCUT2D eigenvalue weighted by Gasteiger charge is -2.10. The number of hydrogen-bond acceptors (Lipinski definition) is 5. The highest BCUT2D eigenvalue weighted by Crippen LogP contribution is 2.31. The van der Waals surface area contributed by atoms with Gasteiger partial charge in [0.2, 0.25) is 0 Å². The fourth-order valence-electron chi connectivity index (χ4n) is 3.77. The number of carbonyl (C=O) groups excluding carboxylic acids is 2. The van der Waals surface area contributed by atoms with Crippen LogP contribution in [0.1, 0.15) is 44.3 Å². The molecule has 8 nitrogen and oxygen atoms in total. The van der Waals surface area contributed by atoms with E-state index in [9.17, 15) is 9.59 Å². The summed E-state index contributed by atoms with van der Waals surface area (Å²) in [6.07, 6.45) is 0.781. The fraction of sp³-hybridized carbons (Fsp3) is 0.261. The zero-order valence-corrected chi connectivity index (χ0v) is 17.3. The van der Waals surface area contributed by atoms with E-state index in [4.69, 9.17) is 16.2 Å². The molecular weight excluding hydrogens is 394 g/mol. The molecule has 8 heteroatoms. The number of benzene rings is 2. The van der Waals surface area contributed by atoms with Crippen molar-refractivity contribution >= 4 is 17.6 Å². The van der Waals surface area contributed by atoms with Crippen LogP contribution in [0, 0.1) is 6.92 Å². The van der Waals surface area contributed by atoms with Gasteiger partial charge in [-0.25, -0.2) is 4.68 Å². The van der Waals surface area contributed by atoms with Gasteiger partial charge in [0.15, 0.2) is 0 Å². The quantitative estimate of drug-likeness (QED) is 0.566. The van der Waals surface area contributed by atoms with Crippen molar-refractivity contribution in [1.82, 2.24) is 15.1 Å². The predicted octanol–water partition coefficient (Wildman–Crippen LogP) is 2.43. The maximum absolute atomic E-state index is 12.4. The van der Waals surface area contributed by atoms with E-state index >= 15 is 0 Å².